The Hall–Kier alpha value is -2.14. The van der Waals surface area contributed by atoms with Gasteiger partial charge in [-0.3, -0.25) is 9.59 Å². The SMILES string of the molecule is Cc1nc(NC(=O)CSc2nnc(C3CCCCC3)n2N)sc1C(=O)N(C)C. The summed E-state index contributed by atoms with van der Waals surface area (Å²) in [5.74, 6) is 7.06. The third kappa shape index (κ3) is 4.64. The predicted molar refractivity (Wildman–Crippen MR) is 110 cm³/mol. The number of nitrogen functional groups attached to an aromatic ring is 1. The summed E-state index contributed by atoms with van der Waals surface area (Å²) in [5.41, 5.74) is 0.602. The first-order valence-electron chi connectivity index (χ1n) is 9.19. The largest absolute Gasteiger partial charge is 0.344 e. The minimum absolute atomic E-state index is 0.128. The van der Waals surface area contributed by atoms with E-state index in [-0.39, 0.29) is 17.6 Å². The lowest BCUT2D eigenvalue weighted by molar-refractivity contribution is -0.113. The molecule has 11 heteroatoms. The highest BCUT2D eigenvalue weighted by molar-refractivity contribution is 7.99. The van der Waals surface area contributed by atoms with Crippen LogP contribution in [0.5, 0.6) is 0 Å². The lowest BCUT2D eigenvalue weighted by Gasteiger charge is -2.20. The molecule has 3 N–H and O–H groups in total. The summed E-state index contributed by atoms with van der Waals surface area (Å²) in [4.78, 5) is 30.6. The molecule has 0 aliphatic heterocycles. The highest BCUT2D eigenvalue weighted by atomic mass is 32.2. The Morgan fingerprint density at radius 1 is 1.29 bits per heavy atom. The summed E-state index contributed by atoms with van der Waals surface area (Å²) in [6.07, 6.45) is 5.80. The van der Waals surface area contributed by atoms with Crippen LogP contribution in [0.1, 0.15) is 59.2 Å². The minimum Gasteiger partial charge on any atom is -0.344 e. The fourth-order valence-corrected chi connectivity index (χ4v) is 4.83. The Morgan fingerprint density at radius 3 is 2.68 bits per heavy atom. The van der Waals surface area contributed by atoms with Gasteiger partial charge < -0.3 is 16.1 Å². The Labute approximate surface area is 172 Å². The molecule has 0 bridgehead atoms. The van der Waals surface area contributed by atoms with Crippen LogP contribution in [0.25, 0.3) is 0 Å². The van der Waals surface area contributed by atoms with Crippen LogP contribution in [0.2, 0.25) is 0 Å². The number of carbonyl (C=O) groups is 2. The number of thioether (sulfide) groups is 1. The third-order valence-electron chi connectivity index (χ3n) is 4.64. The van der Waals surface area contributed by atoms with Crippen molar-refractivity contribution in [3.63, 3.8) is 0 Å². The second-order valence-electron chi connectivity index (χ2n) is 7.02. The van der Waals surface area contributed by atoms with Gasteiger partial charge in [0.15, 0.2) is 11.0 Å². The lowest BCUT2D eigenvalue weighted by Crippen LogP contribution is -2.21. The number of rotatable bonds is 6. The van der Waals surface area contributed by atoms with Crippen LogP contribution < -0.4 is 11.2 Å². The summed E-state index contributed by atoms with van der Waals surface area (Å²) in [5, 5.41) is 12.0. The molecule has 0 spiro atoms. The quantitative estimate of drug-likeness (QED) is 0.540. The van der Waals surface area contributed by atoms with Gasteiger partial charge in [-0.1, -0.05) is 42.4 Å². The van der Waals surface area contributed by atoms with Gasteiger partial charge >= 0.3 is 0 Å². The van der Waals surface area contributed by atoms with Crippen molar-refractivity contribution in [2.75, 3.05) is 31.0 Å². The molecule has 9 nitrogen and oxygen atoms in total. The second-order valence-corrected chi connectivity index (χ2v) is 8.96. The minimum atomic E-state index is -0.232. The predicted octanol–water partition coefficient (Wildman–Crippen LogP) is 2.24. The fraction of sp³-hybridized carbons (Fsp3) is 0.588. The smallest absolute Gasteiger partial charge is 0.265 e. The average Bonchev–Trinajstić information content (AvgIpc) is 3.22. The molecule has 0 unspecified atom stereocenters. The Bertz CT molecular complexity index is 856. The zero-order valence-electron chi connectivity index (χ0n) is 16.3. The number of hydrogen-bond acceptors (Lipinski definition) is 8. The molecule has 2 heterocycles. The summed E-state index contributed by atoms with van der Waals surface area (Å²) < 4.78 is 1.51. The van der Waals surface area contributed by atoms with Crippen molar-refractivity contribution in [2.45, 2.75) is 50.1 Å². The van der Waals surface area contributed by atoms with Crippen molar-refractivity contribution in [1.82, 2.24) is 24.8 Å². The van der Waals surface area contributed by atoms with Crippen molar-refractivity contribution in [2.24, 2.45) is 0 Å². The molecule has 1 fully saturated rings. The number of aromatic nitrogens is 4. The monoisotopic (exact) mass is 423 g/mol. The van der Waals surface area contributed by atoms with Crippen LogP contribution in [0.4, 0.5) is 5.13 Å². The number of carbonyl (C=O) groups excluding carboxylic acids is 2. The molecule has 0 atom stereocenters. The van der Waals surface area contributed by atoms with E-state index in [1.807, 2.05) is 0 Å². The number of hydrogen-bond donors (Lipinski definition) is 2. The molecule has 0 saturated heterocycles. The number of nitrogens with two attached hydrogens (primary N) is 1. The first-order chi connectivity index (χ1) is 13.4. The standard InChI is InChI=1S/C17H25N7O2S2/c1-10-13(15(26)23(2)3)28-16(19-10)20-12(25)9-27-17-22-21-14(24(17)18)11-7-5-4-6-8-11/h11H,4-9,18H2,1-3H3,(H,19,20,25). The molecular weight excluding hydrogens is 398 g/mol. The van der Waals surface area contributed by atoms with Crippen molar-refractivity contribution in [3.05, 3.63) is 16.4 Å². The molecule has 2 aromatic rings. The van der Waals surface area contributed by atoms with E-state index in [0.29, 0.717) is 26.8 Å². The van der Waals surface area contributed by atoms with E-state index in [0.717, 1.165) is 18.7 Å². The summed E-state index contributed by atoms with van der Waals surface area (Å²) in [6.45, 7) is 1.75. The maximum absolute atomic E-state index is 12.3. The van der Waals surface area contributed by atoms with E-state index < -0.39 is 0 Å². The van der Waals surface area contributed by atoms with Crippen molar-refractivity contribution in [3.8, 4) is 0 Å². The number of anilines is 1. The Balaban J connectivity index is 1.57. The highest BCUT2D eigenvalue weighted by Gasteiger charge is 2.23. The van der Waals surface area contributed by atoms with Gasteiger partial charge in [0, 0.05) is 20.0 Å². The second kappa shape index (κ2) is 8.91. The molecule has 1 saturated carbocycles. The first kappa shape index (κ1) is 20.6. The van der Waals surface area contributed by atoms with Gasteiger partial charge in [-0.25, -0.2) is 9.66 Å². The zero-order chi connectivity index (χ0) is 20.3. The summed E-state index contributed by atoms with van der Waals surface area (Å²) in [6, 6.07) is 0. The molecule has 28 heavy (non-hydrogen) atoms. The van der Waals surface area contributed by atoms with Crippen molar-refractivity contribution < 1.29 is 9.59 Å². The molecule has 2 aromatic heterocycles. The number of aryl methyl sites for hydroxylation is 1. The van der Waals surface area contributed by atoms with Crippen LogP contribution in [-0.2, 0) is 4.79 Å². The van der Waals surface area contributed by atoms with Gasteiger partial charge in [-0.05, 0) is 19.8 Å². The zero-order valence-corrected chi connectivity index (χ0v) is 17.9. The van der Waals surface area contributed by atoms with Gasteiger partial charge in [0.25, 0.3) is 5.91 Å². The topological polar surface area (TPSA) is 119 Å². The average molecular weight is 424 g/mol. The van der Waals surface area contributed by atoms with Crippen LogP contribution in [0.15, 0.2) is 5.16 Å². The van der Waals surface area contributed by atoms with E-state index in [2.05, 4.69) is 20.5 Å². The molecular formula is C17H25N7O2S2. The van der Waals surface area contributed by atoms with Crippen LogP contribution in [0, 0.1) is 6.92 Å². The molecule has 1 aliphatic carbocycles. The molecule has 1 aliphatic rings. The highest BCUT2D eigenvalue weighted by Crippen LogP contribution is 2.32. The van der Waals surface area contributed by atoms with Gasteiger partial charge in [-0.15, -0.1) is 10.2 Å². The van der Waals surface area contributed by atoms with Crippen LogP contribution in [0.3, 0.4) is 0 Å². The molecule has 0 aromatic carbocycles. The molecule has 152 valence electrons. The van der Waals surface area contributed by atoms with Crippen molar-refractivity contribution >= 4 is 40.0 Å². The van der Waals surface area contributed by atoms with E-state index >= 15 is 0 Å². The number of nitrogens with one attached hydrogen (secondary N) is 1. The lowest BCUT2D eigenvalue weighted by atomic mass is 9.89. The van der Waals surface area contributed by atoms with Crippen molar-refractivity contribution in [1.29, 1.82) is 0 Å². The maximum Gasteiger partial charge on any atom is 0.265 e. The van der Waals surface area contributed by atoms with Gasteiger partial charge in [0.2, 0.25) is 11.1 Å². The van der Waals surface area contributed by atoms with Gasteiger partial charge in [0.1, 0.15) is 4.88 Å². The molecule has 2 amide bonds. The molecule has 0 radical (unpaired) electrons. The summed E-state index contributed by atoms with van der Waals surface area (Å²) in [7, 11) is 3.36. The Morgan fingerprint density at radius 2 is 2.00 bits per heavy atom. The summed E-state index contributed by atoms with van der Waals surface area (Å²) >= 11 is 2.41. The Kier molecular flexibility index (Phi) is 6.55. The number of thiazole rings is 1. The maximum atomic E-state index is 12.3. The first-order valence-corrected chi connectivity index (χ1v) is 11.0. The van der Waals surface area contributed by atoms with Crippen LogP contribution >= 0.6 is 23.1 Å². The van der Waals surface area contributed by atoms with Crippen LogP contribution in [-0.4, -0.2) is 56.4 Å². The number of amides is 2. The van der Waals surface area contributed by atoms with E-state index in [1.165, 1.54) is 51.9 Å². The van der Waals surface area contributed by atoms with E-state index in [4.69, 9.17) is 5.84 Å². The normalized spacial score (nSPS) is 14.8. The van der Waals surface area contributed by atoms with Gasteiger partial charge in [-0.2, -0.15) is 0 Å². The van der Waals surface area contributed by atoms with E-state index in [9.17, 15) is 9.59 Å². The van der Waals surface area contributed by atoms with E-state index in [1.54, 1.807) is 21.0 Å². The third-order valence-corrected chi connectivity index (χ3v) is 6.64. The van der Waals surface area contributed by atoms with Gasteiger partial charge in [0.05, 0.1) is 11.4 Å². The molecule has 3 rings (SSSR count). The number of nitrogens with zero attached hydrogens (tertiary/aromatic N) is 5. The fourth-order valence-electron chi connectivity index (χ4n) is 3.16.